The maximum absolute atomic E-state index is 13.5. The number of rotatable bonds is 8. The molecule has 11 nitrogen and oxygen atoms in total. The number of sulfonamides is 1. The number of aromatic nitrogens is 5. The topological polar surface area (TPSA) is 124 Å². The zero-order chi connectivity index (χ0) is 27.9. The molecular weight excluding hydrogens is 530 g/mol. The number of methoxy groups -OCH3 is 1. The number of nitrogens with zero attached hydrogens (tertiary/aromatic N) is 6. The molecule has 1 aromatic carbocycles. The molecule has 3 aromatic heterocycles. The van der Waals surface area contributed by atoms with Gasteiger partial charge in [-0.3, -0.25) is 9.48 Å². The van der Waals surface area contributed by atoms with E-state index in [9.17, 15) is 13.2 Å². The fraction of sp³-hybridized carbons (Fsp3) is 0.429. The summed E-state index contributed by atoms with van der Waals surface area (Å²) in [5.41, 5.74) is 3.26. The first-order valence-corrected chi connectivity index (χ1v) is 15.1. The van der Waals surface area contributed by atoms with Crippen LogP contribution in [0.4, 0.5) is 5.69 Å². The molecule has 2 aliphatic rings. The van der Waals surface area contributed by atoms with Crippen LogP contribution in [0.2, 0.25) is 0 Å². The van der Waals surface area contributed by atoms with Gasteiger partial charge < -0.3 is 9.64 Å². The molecule has 1 amide bonds. The van der Waals surface area contributed by atoms with Gasteiger partial charge in [-0.15, -0.1) is 0 Å². The van der Waals surface area contributed by atoms with Gasteiger partial charge in [0.2, 0.25) is 0 Å². The summed E-state index contributed by atoms with van der Waals surface area (Å²) in [6, 6.07) is 11.4. The quantitative estimate of drug-likeness (QED) is 0.346. The van der Waals surface area contributed by atoms with Crippen molar-refractivity contribution in [3.8, 4) is 5.69 Å². The summed E-state index contributed by atoms with van der Waals surface area (Å²) in [6.45, 7) is 2.31. The molecule has 4 aromatic rings. The molecule has 12 heteroatoms. The fourth-order valence-electron chi connectivity index (χ4n) is 5.55. The van der Waals surface area contributed by atoms with Gasteiger partial charge in [0.15, 0.2) is 5.65 Å². The van der Waals surface area contributed by atoms with Crippen LogP contribution in [-0.4, -0.2) is 65.7 Å². The molecular formula is C28H33N7O4S. The van der Waals surface area contributed by atoms with E-state index in [4.69, 9.17) is 14.8 Å². The van der Waals surface area contributed by atoms with Crippen LogP contribution in [0, 0.1) is 5.92 Å². The molecule has 0 bridgehead atoms. The van der Waals surface area contributed by atoms with Gasteiger partial charge >= 0.3 is 0 Å². The first kappa shape index (κ1) is 26.5. The molecule has 0 radical (unpaired) electrons. The van der Waals surface area contributed by atoms with E-state index in [1.54, 1.807) is 24.9 Å². The number of carbonyl (C=O) groups excluding carboxylic acids is 1. The van der Waals surface area contributed by atoms with Gasteiger partial charge in [-0.2, -0.15) is 10.2 Å². The normalized spacial score (nSPS) is 16.8. The van der Waals surface area contributed by atoms with E-state index >= 15 is 0 Å². The Morgan fingerprint density at radius 2 is 1.88 bits per heavy atom. The number of nitrogens with one attached hydrogen (secondary N) is 1. The summed E-state index contributed by atoms with van der Waals surface area (Å²) in [7, 11) is -0.787. The van der Waals surface area contributed by atoms with Crippen LogP contribution in [0.3, 0.4) is 0 Å². The number of carbonyl (C=O) groups is 1. The van der Waals surface area contributed by atoms with Gasteiger partial charge in [0.25, 0.3) is 15.9 Å². The summed E-state index contributed by atoms with van der Waals surface area (Å²) in [5, 5.41) is 9.91. The van der Waals surface area contributed by atoms with Crippen molar-refractivity contribution in [2.24, 2.45) is 13.0 Å². The highest BCUT2D eigenvalue weighted by atomic mass is 32.2. The highest BCUT2D eigenvalue weighted by Gasteiger charge is 2.32. The van der Waals surface area contributed by atoms with E-state index in [-0.39, 0.29) is 10.6 Å². The number of ether oxygens (including phenoxy) is 1. The minimum Gasteiger partial charge on any atom is -0.384 e. The lowest BCUT2D eigenvalue weighted by Gasteiger charge is -2.34. The summed E-state index contributed by atoms with van der Waals surface area (Å²) in [4.78, 5) is 20.4. The molecule has 0 spiro atoms. The minimum absolute atomic E-state index is 0.0196. The zero-order valence-corrected chi connectivity index (χ0v) is 23.5. The minimum atomic E-state index is -4.13. The van der Waals surface area contributed by atoms with Crippen molar-refractivity contribution >= 4 is 32.7 Å². The van der Waals surface area contributed by atoms with Crippen molar-refractivity contribution in [3.63, 3.8) is 0 Å². The second-order valence-corrected chi connectivity index (χ2v) is 12.3. The van der Waals surface area contributed by atoms with E-state index in [0.717, 1.165) is 74.3 Å². The number of aryl methyl sites for hydroxylation is 1. The van der Waals surface area contributed by atoms with E-state index < -0.39 is 15.9 Å². The molecule has 210 valence electrons. The highest BCUT2D eigenvalue weighted by molar-refractivity contribution is 7.90. The number of piperidine rings is 1. The van der Waals surface area contributed by atoms with Gasteiger partial charge in [0.1, 0.15) is 10.6 Å². The Balaban J connectivity index is 1.47. The lowest BCUT2D eigenvalue weighted by atomic mass is 9.82. The first-order chi connectivity index (χ1) is 19.3. The zero-order valence-electron chi connectivity index (χ0n) is 22.7. The van der Waals surface area contributed by atoms with Gasteiger partial charge in [-0.1, -0.05) is 24.6 Å². The van der Waals surface area contributed by atoms with Crippen LogP contribution in [0.5, 0.6) is 0 Å². The molecule has 1 N–H and O–H groups in total. The van der Waals surface area contributed by atoms with Crippen molar-refractivity contribution in [2.75, 3.05) is 31.7 Å². The lowest BCUT2D eigenvalue weighted by Crippen LogP contribution is -2.36. The van der Waals surface area contributed by atoms with Gasteiger partial charge in [-0.05, 0) is 49.8 Å². The van der Waals surface area contributed by atoms with E-state index in [2.05, 4.69) is 14.7 Å². The SMILES string of the molecule is COCC1CCN(c2cc(C(=O)NS(=O)(=O)c3cnn(C)c3)nc3c2c(C2CCC2)nn3-c2ccccc2)CC1. The van der Waals surface area contributed by atoms with Crippen molar-refractivity contribution < 1.29 is 17.9 Å². The molecule has 40 heavy (non-hydrogen) atoms. The van der Waals surface area contributed by atoms with Gasteiger partial charge in [0, 0.05) is 46.0 Å². The van der Waals surface area contributed by atoms with E-state index in [1.807, 2.05) is 30.3 Å². The van der Waals surface area contributed by atoms with E-state index in [0.29, 0.717) is 17.5 Å². The predicted octanol–water partition coefficient (Wildman–Crippen LogP) is 3.40. The van der Waals surface area contributed by atoms with Crippen LogP contribution in [0.15, 0.2) is 53.7 Å². The fourth-order valence-corrected chi connectivity index (χ4v) is 6.50. The van der Waals surface area contributed by atoms with Crippen LogP contribution >= 0.6 is 0 Å². The van der Waals surface area contributed by atoms with E-state index in [1.165, 1.54) is 17.1 Å². The van der Waals surface area contributed by atoms with Crippen LogP contribution in [0.1, 0.15) is 54.2 Å². The standard InChI is InChI=1S/C28H33N7O4S/c1-33-17-22(16-29-33)40(37,38)32-28(36)23-15-24(34-13-11-19(12-14-34)18-39-2)25-26(20-7-6-8-20)31-35(27(25)30-23)21-9-4-3-5-10-21/h3-5,9-10,15-17,19-20H,6-8,11-14,18H2,1-2H3,(H,32,36). The first-order valence-electron chi connectivity index (χ1n) is 13.6. The van der Waals surface area contributed by atoms with Crippen molar-refractivity contribution in [1.29, 1.82) is 0 Å². The van der Waals surface area contributed by atoms with Crippen LogP contribution in [0.25, 0.3) is 16.7 Å². The summed E-state index contributed by atoms with van der Waals surface area (Å²) in [5.74, 6) is 0.000992. The molecule has 1 saturated carbocycles. The number of hydrogen-bond donors (Lipinski definition) is 1. The van der Waals surface area contributed by atoms with Crippen molar-refractivity contribution in [2.45, 2.75) is 42.9 Å². The lowest BCUT2D eigenvalue weighted by molar-refractivity contribution is 0.0977. The predicted molar refractivity (Wildman–Crippen MR) is 150 cm³/mol. The molecule has 6 rings (SSSR count). The summed E-state index contributed by atoms with van der Waals surface area (Å²) >= 11 is 0. The number of hydrogen-bond acceptors (Lipinski definition) is 8. The number of anilines is 1. The Hall–Kier alpha value is -3.77. The Morgan fingerprint density at radius 1 is 1.12 bits per heavy atom. The van der Waals surface area contributed by atoms with Crippen molar-refractivity contribution in [1.82, 2.24) is 29.3 Å². The van der Waals surface area contributed by atoms with Crippen LogP contribution in [-0.2, 0) is 21.8 Å². The average Bonchev–Trinajstić information content (AvgIpc) is 3.53. The summed E-state index contributed by atoms with van der Waals surface area (Å²) in [6.07, 6.45) is 7.74. The smallest absolute Gasteiger partial charge is 0.283 e. The Morgan fingerprint density at radius 3 is 2.50 bits per heavy atom. The number of benzene rings is 1. The molecule has 0 unspecified atom stereocenters. The molecule has 2 fully saturated rings. The Labute approximate surface area is 233 Å². The number of pyridine rings is 1. The molecule has 1 aliphatic heterocycles. The number of para-hydroxylation sites is 1. The average molecular weight is 564 g/mol. The monoisotopic (exact) mass is 563 g/mol. The van der Waals surface area contributed by atoms with Gasteiger partial charge in [0.05, 0.1) is 28.7 Å². The Bertz CT molecular complexity index is 1640. The van der Waals surface area contributed by atoms with Crippen molar-refractivity contribution in [3.05, 3.63) is 60.2 Å². The maximum Gasteiger partial charge on any atom is 0.283 e. The van der Waals surface area contributed by atoms with Gasteiger partial charge in [-0.25, -0.2) is 22.8 Å². The van der Waals surface area contributed by atoms with Crippen LogP contribution < -0.4 is 9.62 Å². The number of fused-ring (bicyclic) bond motifs is 1. The largest absolute Gasteiger partial charge is 0.384 e. The number of amides is 1. The third-order valence-corrected chi connectivity index (χ3v) is 9.23. The molecule has 1 aliphatic carbocycles. The third kappa shape index (κ3) is 4.97. The second-order valence-electron chi connectivity index (χ2n) is 10.7. The Kier molecular flexibility index (Phi) is 7.05. The summed E-state index contributed by atoms with van der Waals surface area (Å²) < 4.78 is 36.6. The molecule has 0 atom stereocenters. The molecule has 1 saturated heterocycles. The highest BCUT2D eigenvalue weighted by Crippen LogP contribution is 2.43. The second kappa shape index (κ2) is 10.7. The molecule has 4 heterocycles. The third-order valence-electron chi connectivity index (χ3n) is 7.95. The maximum atomic E-state index is 13.5.